The fourth-order valence-corrected chi connectivity index (χ4v) is 2.71. The van der Waals surface area contributed by atoms with Gasteiger partial charge in [0, 0.05) is 6.04 Å². The second-order valence-electron chi connectivity index (χ2n) is 5.89. The topological polar surface area (TPSA) is 21.3 Å². The van der Waals surface area contributed by atoms with Gasteiger partial charge in [0.25, 0.3) is 0 Å². The van der Waals surface area contributed by atoms with Crippen molar-refractivity contribution in [3.05, 3.63) is 29.8 Å². The monoisotopic (exact) mass is 275 g/mol. The van der Waals surface area contributed by atoms with Crippen LogP contribution in [0.25, 0.3) is 0 Å². The van der Waals surface area contributed by atoms with Crippen molar-refractivity contribution in [1.29, 1.82) is 0 Å². The zero-order chi connectivity index (χ0) is 14.2. The van der Waals surface area contributed by atoms with E-state index in [1.165, 1.54) is 31.2 Å². The smallest absolute Gasteiger partial charge is 0.122 e. The van der Waals surface area contributed by atoms with Crippen LogP contribution in [-0.4, -0.2) is 19.2 Å². The van der Waals surface area contributed by atoms with E-state index >= 15 is 0 Å². The minimum atomic E-state index is 0.703. The minimum Gasteiger partial charge on any atom is -0.493 e. The van der Waals surface area contributed by atoms with Crippen LogP contribution in [0.3, 0.4) is 0 Å². The lowest BCUT2D eigenvalue weighted by Crippen LogP contribution is -2.32. The van der Waals surface area contributed by atoms with E-state index in [0.29, 0.717) is 6.04 Å². The maximum Gasteiger partial charge on any atom is 0.122 e. The summed E-state index contributed by atoms with van der Waals surface area (Å²) < 4.78 is 5.86. The van der Waals surface area contributed by atoms with E-state index in [9.17, 15) is 0 Å². The number of benzene rings is 1. The molecule has 1 atom stereocenters. The summed E-state index contributed by atoms with van der Waals surface area (Å²) in [6.45, 7) is 6.36. The molecule has 0 spiro atoms. The van der Waals surface area contributed by atoms with Crippen LogP contribution in [0.4, 0.5) is 0 Å². The summed E-state index contributed by atoms with van der Waals surface area (Å²) in [6, 6.07) is 9.22. The molecule has 1 N–H and O–H groups in total. The van der Waals surface area contributed by atoms with Gasteiger partial charge in [0.05, 0.1) is 6.61 Å². The average molecular weight is 275 g/mol. The second-order valence-corrected chi connectivity index (χ2v) is 5.89. The van der Waals surface area contributed by atoms with Gasteiger partial charge in [-0.05, 0) is 62.6 Å². The molecule has 0 saturated heterocycles. The van der Waals surface area contributed by atoms with Gasteiger partial charge in [0.15, 0.2) is 0 Å². The Labute approximate surface area is 123 Å². The van der Waals surface area contributed by atoms with Gasteiger partial charge in [0.1, 0.15) is 5.75 Å². The number of hydrogen-bond acceptors (Lipinski definition) is 2. The lowest BCUT2D eigenvalue weighted by Gasteiger charge is -2.19. The van der Waals surface area contributed by atoms with Crippen LogP contribution in [0.2, 0.25) is 0 Å². The first-order valence-electron chi connectivity index (χ1n) is 8.29. The second kappa shape index (κ2) is 8.31. The molecule has 0 amide bonds. The maximum atomic E-state index is 5.86. The molecule has 0 radical (unpaired) electrons. The van der Waals surface area contributed by atoms with Crippen molar-refractivity contribution in [1.82, 2.24) is 5.32 Å². The number of para-hydroxylation sites is 1. The van der Waals surface area contributed by atoms with E-state index in [4.69, 9.17) is 4.74 Å². The first kappa shape index (κ1) is 15.4. The molecule has 1 saturated carbocycles. The Balaban J connectivity index is 1.87. The third-order valence-electron chi connectivity index (χ3n) is 4.01. The van der Waals surface area contributed by atoms with Crippen molar-refractivity contribution < 1.29 is 4.74 Å². The third-order valence-corrected chi connectivity index (χ3v) is 4.01. The fraction of sp³-hybridized carbons (Fsp3) is 0.667. The molecule has 20 heavy (non-hydrogen) atoms. The highest BCUT2D eigenvalue weighted by atomic mass is 16.5. The highest BCUT2D eigenvalue weighted by Gasteiger charge is 2.30. The molecule has 2 rings (SSSR count). The van der Waals surface area contributed by atoms with Crippen molar-refractivity contribution in [2.75, 3.05) is 13.2 Å². The predicted octanol–water partition coefficient (Wildman–Crippen LogP) is 4.19. The Morgan fingerprint density at radius 2 is 2.00 bits per heavy atom. The molecule has 1 aromatic carbocycles. The van der Waals surface area contributed by atoms with Crippen LogP contribution >= 0.6 is 0 Å². The summed E-state index contributed by atoms with van der Waals surface area (Å²) >= 11 is 0. The predicted molar refractivity (Wildman–Crippen MR) is 85.4 cm³/mol. The maximum absolute atomic E-state index is 5.86. The SMILES string of the molecule is CCCNC(CCc1ccccc1OCCC)C1CC1. The largest absolute Gasteiger partial charge is 0.493 e. The molecule has 0 aromatic heterocycles. The molecule has 0 bridgehead atoms. The van der Waals surface area contributed by atoms with Gasteiger partial charge in [-0.1, -0.05) is 32.0 Å². The number of nitrogens with one attached hydrogen (secondary N) is 1. The average Bonchev–Trinajstić information content (AvgIpc) is 3.31. The van der Waals surface area contributed by atoms with Crippen LogP contribution in [0.5, 0.6) is 5.75 Å². The molecule has 2 nitrogen and oxygen atoms in total. The van der Waals surface area contributed by atoms with Gasteiger partial charge in [-0.3, -0.25) is 0 Å². The first-order valence-corrected chi connectivity index (χ1v) is 8.29. The summed E-state index contributed by atoms with van der Waals surface area (Å²) in [4.78, 5) is 0. The molecule has 112 valence electrons. The molecule has 1 aliphatic rings. The van der Waals surface area contributed by atoms with Crippen molar-refractivity contribution in [3.63, 3.8) is 0 Å². The van der Waals surface area contributed by atoms with Gasteiger partial charge in [-0.25, -0.2) is 0 Å². The van der Waals surface area contributed by atoms with Crippen molar-refractivity contribution in [3.8, 4) is 5.75 Å². The normalized spacial score (nSPS) is 16.1. The van der Waals surface area contributed by atoms with Crippen LogP contribution in [0.15, 0.2) is 24.3 Å². The number of hydrogen-bond donors (Lipinski definition) is 1. The molecule has 1 aromatic rings. The van der Waals surface area contributed by atoms with Crippen molar-refractivity contribution in [2.24, 2.45) is 5.92 Å². The van der Waals surface area contributed by atoms with E-state index in [1.54, 1.807) is 0 Å². The Bertz CT molecular complexity index is 387. The molecule has 1 unspecified atom stereocenters. The molecule has 1 fully saturated rings. The van der Waals surface area contributed by atoms with E-state index in [2.05, 4.69) is 43.4 Å². The zero-order valence-electron chi connectivity index (χ0n) is 13.0. The quantitative estimate of drug-likeness (QED) is 0.691. The van der Waals surface area contributed by atoms with E-state index in [0.717, 1.165) is 37.7 Å². The summed E-state index contributed by atoms with van der Waals surface area (Å²) in [5, 5.41) is 3.72. The van der Waals surface area contributed by atoms with Gasteiger partial charge in [-0.15, -0.1) is 0 Å². The Kier molecular flexibility index (Phi) is 6.38. The first-order chi connectivity index (χ1) is 9.85. The van der Waals surface area contributed by atoms with Gasteiger partial charge in [-0.2, -0.15) is 0 Å². The molecule has 1 aliphatic carbocycles. The molecular formula is C18H29NO. The molecule has 0 heterocycles. The van der Waals surface area contributed by atoms with E-state index in [-0.39, 0.29) is 0 Å². The van der Waals surface area contributed by atoms with Gasteiger partial charge in [0.2, 0.25) is 0 Å². The number of ether oxygens (including phenoxy) is 1. The standard InChI is InChI=1S/C18H29NO/c1-3-13-19-17(15-9-10-15)12-11-16-7-5-6-8-18(16)20-14-4-2/h5-8,15,17,19H,3-4,9-14H2,1-2H3. The number of rotatable bonds is 10. The Morgan fingerprint density at radius 3 is 2.70 bits per heavy atom. The van der Waals surface area contributed by atoms with E-state index < -0.39 is 0 Å². The van der Waals surface area contributed by atoms with Gasteiger partial charge < -0.3 is 10.1 Å². The minimum absolute atomic E-state index is 0.703. The number of aryl methyl sites for hydroxylation is 1. The Morgan fingerprint density at radius 1 is 1.20 bits per heavy atom. The molecule has 0 aliphatic heterocycles. The molecule has 2 heteroatoms. The zero-order valence-corrected chi connectivity index (χ0v) is 13.0. The van der Waals surface area contributed by atoms with Crippen LogP contribution in [-0.2, 0) is 6.42 Å². The van der Waals surface area contributed by atoms with Crippen molar-refractivity contribution >= 4 is 0 Å². The van der Waals surface area contributed by atoms with Crippen molar-refractivity contribution in [2.45, 2.75) is 58.4 Å². The van der Waals surface area contributed by atoms with Crippen LogP contribution in [0, 0.1) is 5.92 Å². The molecular weight excluding hydrogens is 246 g/mol. The summed E-state index contributed by atoms with van der Waals surface area (Å²) in [5.74, 6) is 2.00. The van der Waals surface area contributed by atoms with Gasteiger partial charge >= 0.3 is 0 Å². The van der Waals surface area contributed by atoms with Crippen LogP contribution < -0.4 is 10.1 Å². The van der Waals surface area contributed by atoms with Crippen LogP contribution in [0.1, 0.15) is 51.5 Å². The fourth-order valence-electron chi connectivity index (χ4n) is 2.71. The summed E-state index contributed by atoms with van der Waals surface area (Å²) in [7, 11) is 0. The lowest BCUT2D eigenvalue weighted by atomic mass is 10.0. The highest BCUT2D eigenvalue weighted by molar-refractivity contribution is 5.33. The Hall–Kier alpha value is -1.02. The highest BCUT2D eigenvalue weighted by Crippen LogP contribution is 2.35. The van der Waals surface area contributed by atoms with E-state index in [1.807, 2.05) is 0 Å². The third kappa shape index (κ3) is 4.82. The lowest BCUT2D eigenvalue weighted by molar-refractivity contribution is 0.313. The summed E-state index contributed by atoms with van der Waals surface area (Å²) in [6.07, 6.45) is 7.47. The summed E-state index contributed by atoms with van der Waals surface area (Å²) in [5.41, 5.74) is 1.37.